The maximum Gasteiger partial charge on any atom is 0.172 e. The van der Waals surface area contributed by atoms with E-state index >= 15 is 0 Å². The van der Waals surface area contributed by atoms with Crippen molar-refractivity contribution >= 4 is 28.3 Å². The van der Waals surface area contributed by atoms with Gasteiger partial charge in [-0.1, -0.05) is 36.2 Å². The van der Waals surface area contributed by atoms with Gasteiger partial charge < -0.3 is 0 Å². The number of amidine groups is 1. The first-order valence-electron chi connectivity index (χ1n) is 7.40. The largest absolute Gasteiger partial charge is 0.239 e. The second kappa shape index (κ2) is 5.98. The Bertz CT molecular complexity index is 618. The van der Waals surface area contributed by atoms with Crippen LogP contribution in [0.15, 0.2) is 50.8 Å². The van der Waals surface area contributed by atoms with Crippen LogP contribution in [0.3, 0.4) is 0 Å². The number of nitrogens with zero attached hydrogens (tertiary/aromatic N) is 4. The molecule has 0 atom stereocenters. The summed E-state index contributed by atoms with van der Waals surface area (Å²) in [7, 11) is 0. The summed E-state index contributed by atoms with van der Waals surface area (Å²) in [6.07, 6.45) is 11.8. The van der Waals surface area contributed by atoms with E-state index < -0.39 is 0 Å². The van der Waals surface area contributed by atoms with Gasteiger partial charge in [0.25, 0.3) is 0 Å². The SMILES string of the molecule is C/C=C\C(=C/C)C1=NN=C2C=C(C3CCC3)C(Cl)=NN2C1. The smallest absolute Gasteiger partial charge is 0.172 e. The molecule has 0 bridgehead atoms. The molecule has 0 radical (unpaired) electrons. The second-order valence-electron chi connectivity index (χ2n) is 5.42. The molecular formula is C16H19ClN4. The normalized spacial score (nSPS) is 23.2. The number of hydrogen-bond donors (Lipinski definition) is 0. The highest BCUT2D eigenvalue weighted by Crippen LogP contribution is 2.36. The third-order valence-electron chi connectivity index (χ3n) is 4.10. The molecule has 1 saturated carbocycles. The lowest BCUT2D eigenvalue weighted by Gasteiger charge is -2.32. The zero-order valence-corrected chi connectivity index (χ0v) is 13.1. The van der Waals surface area contributed by atoms with Crippen LogP contribution in [-0.4, -0.2) is 28.3 Å². The van der Waals surface area contributed by atoms with Crippen molar-refractivity contribution in [1.82, 2.24) is 5.01 Å². The molecule has 0 aromatic rings. The monoisotopic (exact) mass is 302 g/mol. The van der Waals surface area contributed by atoms with Gasteiger partial charge in [0.15, 0.2) is 11.0 Å². The number of hydrogen-bond acceptors (Lipinski definition) is 4. The average Bonchev–Trinajstić information content (AvgIpc) is 2.43. The van der Waals surface area contributed by atoms with Gasteiger partial charge in [-0.25, -0.2) is 5.01 Å². The first-order valence-corrected chi connectivity index (χ1v) is 7.78. The van der Waals surface area contributed by atoms with E-state index in [1.54, 1.807) is 0 Å². The molecule has 0 aromatic heterocycles. The van der Waals surface area contributed by atoms with E-state index in [2.05, 4.69) is 15.3 Å². The van der Waals surface area contributed by atoms with E-state index in [0.29, 0.717) is 17.6 Å². The van der Waals surface area contributed by atoms with Crippen LogP contribution < -0.4 is 0 Å². The molecular weight excluding hydrogens is 284 g/mol. The minimum atomic E-state index is 0.547. The number of rotatable bonds is 3. The zero-order chi connectivity index (χ0) is 14.8. The molecule has 0 N–H and O–H groups in total. The van der Waals surface area contributed by atoms with Gasteiger partial charge in [0, 0.05) is 0 Å². The molecule has 0 unspecified atom stereocenters. The molecule has 2 aliphatic heterocycles. The number of allylic oxidation sites excluding steroid dienone is 4. The highest BCUT2D eigenvalue weighted by Gasteiger charge is 2.30. The predicted octanol–water partition coefficient (Wildman–Crippen LogP) is 3.87. The molecule has 1 aliphatic carbocycles. The topological polar surface area (TPSA) is 40.3 Å². The van der Waals surface area contributed by atoms with Gasteiger partial charge in [0.2, 0.25) is 0 Å². The average molecular weight is 303 g/mol. The zero-order valence-electron chi connectivity index (χ0n) is 12.4. The molecule has 0 aromatic carbocycles. The summed E-state index contributed by atoms with van der Waals surface area (Å²) in [6.45, 7) is 4.59. The van der Waals surface area contributed by atoms with Crippen molar-refractivity contribution in [3.05, 3.63) is 35.5 Å². The van der Waals surface area contributed by atoms with Crippen molar-refractivity contribution in [2.45, 2.75) is 33.1 Å². The fraction of sp³-hybridized carbons (Fsp3) is 0.438. The lowest BCUT2D eigenvalue weighted by atomic mass is 9.79. The molecule has 1 fully saturated rings. The molecule has 21 heavy (non-hydrogen) atoms. The fourth-order valence-corrected chi connectivity index (χ4v) is 2.96. The van der Waals surface area contributed by atoms with E-state index in [9.17, 15) is 0 Å². The quantitative estimate of drug-likeness (QED) is 0.730. The van der Waals surface area contributed by atoms with Crippen molar-refractivity contribution in [2.75, 3.05) is 6.54 Å². The van der Waals surface area contributed by atoms with Crippen LogP contribution in [0.2, 0.25) is 0 Å². The maximum atomic E-state index is 6.35. The molecule has 0 spiro atoms. The van der Waals surface area contributed by atoms with Crippen LogP contribution in [-0.2, 0) is 0 Å². The Morgan fingerprint density at radius 1 is 1.33 bits per heavy atom. The van der Waals surface area contributed by atoms with Gasteiger partial charge in [-0.2, -0.15) is 10.2 Å². The summed E-state index contributed by atoms with van der Waals surface area (Å²) in [5.74, 6) is 1.34. The Balaban J connectivity index is 1.88. The summed E-state index contributed by atoms with van der Waals surface area (Å²) in [5, 5.41) is 15.6. The van der Waals surface area contributed by atoms with Crippen LogP contribution >= 0.6 is 11.6 Å². The maximum absolute atomic E-state index is 6.35. The first kappa shape index (κ1) is 14.3. The Morgan fingerprint density at radius 2 is 2.14 bits per heavy atom. The Kier molecular flexibility index (Phi) is 4.06. The van der Waals surface area contributed by atoms with E-state index in [1.165, 1.54) is 19.3 Å². The summed E-state index contributed by atoms with van der Waals surface area (Å²) < 4.78 is 0. The molecule has 3 aliphatic rings. The third-order valence-corrected chi connectivity index (χ3v) is 4.40. The minimum Gasteiger partial charge on any atom is -0.239 e. The predicted molar refractivity (Wildman–Crippen MR) is 88.9 cm³/mol. The minimum absolute atomic E-state index is 0.547. The standard InChI is InChI=1S/C16H19ClN4/c1-3-6-11(4-2)14-10-21-15(19-18-14)9-13(16(17)20-21)12-7-5-8-12/h3-4,6,9,12H,5,7-8,10H2,1-2H3/b6-3-,11-4+. The summed E-state index contributed by atoms with van der Waals surface area (Å²) in [4.78, 5) is 0. The van der Waals surface area contributed by atoms with Gasteiger partial charge in [-0.05, 0) is 49.8 Å². The van der Waals surface area contributed by atoms with Gasteiger partial charge in [-0.15, -0.1) is 5.10 Å². The van der Waals surface area contributed by atoms with Crippen molar-refractivity contribution in [2.24, 2.45) is 21.2 Å². The molecule has 0 saturated heterocycles. The summed E-state index contributed by atoms with van der Waals surface area (Å²) >= 11 is 6.35. The van der Waals surface area contributed by atoms with E-state index in [-0.39, 0.29) is 0 Å². The number of hydrazone groups is 1. The Hall–Kier alpha value is -1.68. The highest BCUT2D eigenvalue weighted by atomic mass is 35.5. The second-order valence-corrected chi connectivity index (χ2v) is 5.78. The molecule has 110 valence electrons. The van der Waals surface area contributed by atoms with Crippen molar-refractivity contribution in [3.8, 4) is 0 Å². The molecule has 0 amide bonds. The van der Waals surface area contributed by atoms with Gasteiger partial charge in [0.05, 0.1) is 12.3 Å². The molecule has 4 nitrogen and oxygen atoms in total. The van der Waals surface area contributed by atoms with E-state index in [4.69, 9.17) is 11.6 Å². The number of halogens is 1. The van der Waals surface area contributed by atoms with Crippen LogP contribution in [0.1, 0.15) is 33.1 Å². The highest BCUT2D eigenvalue weighted by molar-refractivity contribution is 6.70. The lowest BCUT2D eigenvalue weighted by Crippen LogP contribution is -2.38. The van der Waals surface area contributed by atoms with Crippen LogP contribution in [0, 0.1) is 5.92 Å². The summed E-state index contributed by atoms with van der Waals surface area (Å²) in [6, 6.07) is 0. The van der Waals surface area contributed by atoms with Crippen LogP contribution in [0.5, 0.6) is 0 Å². The third kappa shape index (κ3) is 2.72. The molecule has 2 heterocycles. The van der Waals surface area contributed by atoms with Gasteiger partial charge >= 0.3 is 0 Å². The van der Waals surface area contributed by atoms with Crippen molar-refractivity contribution < 1.29 is 0 Å². The van der Waals surface area contributed by atoms with Gasteiger partial charge in [0.1, 0.15) is 0 Å². The Labute approximate surface area is 130 Å². The van der Waals surface area contributed by atoms with Crippen LogP contribution in [0.4, 0.5) is 0 Å². The summed E-state index contributed by atoms with van der Waals surface area (Å²) in [5.41, 5.74) is 3.10. The van der Waals surface area contributed by atoms with E-state index in [1.807, 2.05) is 43.2 Å². The Morgan fingerprint density at radius 3 is 2.76 bits per heavy atom. The van der Waals surface area contributed by atoms with Gasteiger partial charge in [-0.3, -0.25) is 0 Å². The molecule has 5 heteroatoms. The molecule has 3 rings (SSSR count). The van der Waals surface area contributed by atoms with E-state index in [0.717, 1.165) is 22.7 Å². The lowest BCUT2D eigenvalue weighted by molar-refractivity contribution is 0.375. The van der Waals surface area contributed by atoms with Crippen molar-refractivity contribution in [1.29, 1.82) is 0 Å². The fourth-order valence-electron chi connectivity index (χ4n) is 2.66. The first-order chi connectivity index (χ1) is 10.2. The van der Waals surface area contributed by atoms with Crippen molar-refractivity contribution in [3.63, 3.8) is 0 Å². The van der Waals surface area contributed by atoms with Crippen LogP contribution in [0.25, 0.3) is 0 Å². The number of fused-ring (bicyclic) bond motifs is 1.